The van der Waals surface area contributed by atoms with Crippen LogP contribution in [0.4, 0.5) is 0 Å². The summed E-state index contributed by atoms with van der Waals surface area (Å²) in [6, 6.07) is 0.416. The Hall–Kier alpha value is -0.170. The van der Waals surface area contributed by atoms with Crippen LogP contribution in [0.15, 0.2) is 24.3 Å². The van der Waals surface area contributed by atoms with Crippen molar-refractivity contribution in [1.29, 1.82) is 0 Å². The summed E-state index contributed by atoms with van der Waals surface area (Å²) in [7, 11) is 2.54. The fourth-order valence-electron chi connectivity index (χ4n) is 1.16. The molecular weight excluding hydrogens is 169 g/mol. The molecule has 0 aromatic rings. The number of hydrogen-bond acceptors (Lipinski definition) is 2. The molecule has 12 heavy (non-hydrogen) atoms. The molecule has 2 nitrogen and oxygen atoms in total. The molecule has 1 rings (SSSR count). The van der Waals surface area contributed by atoms with Gasteiger partial charge in [0.15, 0.2) is 0 Å². The molecule has 0 aliphatic carbocycles. The van der Waals surface area contributed by atoms with Gasteiger partial charge in [-0.2, -0.15) is 0 Å². The molecular formula is C9H16NOP. The van der Waals surface area contributed by atoms with Crippen LogP contribution in [0.3, 0.4) is 0 Å². The van der Waals surface area contributed by atoms with E-state index in [0.717, 1.165) is 13.0 Å². The lowest BCUT2D eigenvalue weighted by Crippen LogP contribution is -2.26. The van der Waals surface area contributed by atoms with E-state index in [9.17, 15) is 0 Å². The zero-order valence-electron chi connectivity index (χ0n) is 7.42. The lowest BCUT2D eigenvalue weighted by Gasteiger charge is -2.13. The fraction of sp³-hybridized carbons (Fsp3) is 0.556. The summed E-state index contributed by atoms with van der Waals surface area (Å²) < 4.78 is 5.21. The van der Waals surface area contributed by atoms with Crippen molar-refractivity contribution in [2.75, 3.05) is 6.61 Å². The van der Waals surface area contributed by atoms with Gasteiger partial charge in [0.2, 0.25) is 0 Å². The molecule has 1 saturated heterocycles. The lowest BCUT2D eigenvalue weighted by atomic mass is 10.0. The van der Waals surface area contributed by atoms with Crippen LogP contribution in [-0.4, -0.2) is 18.8 Å². The van der Waals surface area contributed by atoms with E-state index in [1.54, 1.807) is 0 Å². The predicted octanol–water partition coefficient (Wildman–Crippen LogP) is 1.66. The topological polar surface area (TPSA) is 24.6 Å². The second-order valence-corrected chi connectivity index (χ2v) is 3.25. The van der Waals surface area contributed by atoms with Crippen LogP contribution >= 0.6 is 9.39 Å². The highest BCUT2D eigenvalue weighted by molar-refractivity contribution is 7.13. The average molecular weight is 185 g/mol. The molecule has 1 N–H and O–H groups in total. The van der Waals surface area contributed by atoms with Crippen molar-refractivity contribution in [3.8, 4) is 0 Å². The Morgan fingerprint density at radius 1 is 1.92 bits per heavy atom. The number of epoxide rings is 1. The Morgan fingerprint density at radius 2 is 2.58 bits per heavy atom. The molecule has 0 radical (unpaired) electrons. The molecule has 1 heterocycles. The van der Waals surface area contributed by atoms with Crippen molar-refractivity contribution >= 4 is 9.39 Å². The zero-order chi connectivity index (χ0) is 8.97. The van der Waals surface area contributed by atoms with E-state index in [0.29, 0.717) is 12.1 Å². The van der Waals surface area contributed by atoms with Crippen molar-refractivity contribution in [3.05, 3.63) is 24.3 Å². The molecule has 1 aliphatic rings. The third-order valence-corrected chi connectivity index (χ3v) is 2.54. The molecule has 0 amide bonds. The Labute approximate surface area is 76.3 Å². The van der Waals surface area contributed by atoms with Crippen LogP contribution < -0.4 is 5.09 Å². The van der Waals surface area contributed by atoms with Gasteiger partial charge >= 0.3 is 0 Å². The Kier molecular flexibility index (Phi) is 3.93. The monoisotopic (exact) mass is 185 g/mol. The zero-order valence-corrected chi connectivity index (χ0v) is 8.57. The maximum Gasteiger partial charge on any atom is 0.0968 e. The van der Waals surface area contributed by atoms with Crippen molar-refractivity contribution in [3.63, 3.8) is 0 Å². The molecule has 1 fully saturated rings. The SMILES string of the molecule is C=C/C(=C\C)C[C@H](NP)C1CO1. The third kappa shape index (κ3) is 2.71. The van der Waals surface area contributed by atoms with Crippen LogP contribution in [0, 0.1) is 0 Å². The van der Waals surface area contributed by atoms with Gasteiger partial charge in [-0.3, -0.25) is 5.09 Å². The summed E-state index contributed by atoms with van der Waals surface area (Å²) in [5, 5.41) is 3.17. The molecule has 0 saturated carbocycles. The first kappa shape index (κ1) is 9.91. The van der Waals surface area contributed by atoms with Crippen LogP contribution in [0.2, 0.25) is 0 Å². The Morgan fingerprint density at radius 3 is 2.92 bits per heavy atom. The van der Waals surface area contributed by atoms with E-state index in [1.165, 1.54) is 5.57 Å². The molecule has 0 aromatic heterocycles. The van der Waals surface area contributed by atoms with Crippen LogP contribution in [0.1, 0.15) is 13.3 Å². The van der Waals surface area contributed by atoms with Gasteiger partial charge in [-0.1, -0.05) is 33.7 Å². The molecule has 0 spiro atoms. The minimum atomic E-state index is 0.400. The van der Waals surface area contributed by atoms with Gasteiger partial charge in [-0.25, -0.2) is 0 Å². The van der Waals surface area contributed by atoms with Gasteiger partial charge in [0, 0.05) is 6.04 Å². The predicted molar refractivity (Wildman–Crippen MR) is 54.9 cm³/mol. The first-order valence-electron chi connectivity index (χ1n) is 4.17. The van der Waals surface area contributed by atoms with E-state index in [2.05, 4.69) is 27.1 Å². The van der Waals surface area contributed by atoms with E-state index in [4.69, 9.17) is 4.74 Å². The summed E-state index contributed by atoms with van der Waals surface area (Å²) in [4.78, 5) is 0. The third-order valence-electron chi connectivity index (χ3n) is 2.11. The van der Waals surface area contributed by atoms with Crippen LogP contribution in [0.25, 0.3) is 0 Å². The molecule has 68 valence electrons. The molecule has 0 bridgehead atoms. The van der Waals surface area contributed by atoms with Crippen LogP contribution in [0.5, 0.6) is 0 Å². The summed E-state index contributed by atoms with van der Waals surface area (Å²) in [5.41, 5.74) is 1.27. The highest BCUT2D eigenvalue weighted by Crippen LogP contribution is 2.20. The van der Waals surface area contributed by atoms with Gasteiger partial charge in [-0.05, 0) is 13.3 Å². The van der Waals surface area contributed by atoms with Crippen molar-refractivity contribution in [2.24, 2.45) is 0 Å². The lowest BCUT2D eigenvalue weighted by molar-refractivity contribution is 0.363. The molecule has 0 aromatic carbocycles. The van der Waals surface area contributed by atoms with Crippen molar-refractivity contribution < 1.29 is 4.74 Å². The summed E-state index contributed by atoms with van der Waals surface area (Å²) >= 11 is 0. The maximum absolute atomic E-state index is 5.21. The Balaban J connectivity index is 2.39. The molecule has 1 aliphatic heterocycles. The number of hydrogen-bond donors (Lipinski definition) is 1. The van der Waals surface area contributed by atoms with Crippen molar-refractivity contribution in [2.45, 2.75) is 25.5 Å². The van der Waals surface area contributed by atoms with E-state index >= 15 is 0 Å². The Bertz CT molecular complexity index is 187. The summed E-state index contributed by atoms with van der Waals surface area (Å²) in [6.45, 7) is 6.68. The molecule has 2 unspecified atom stereocenters. The van der Waals surface area contributed by atoms with Gasteiger partial charge < -0.3 is 4.74 Å². The minimum absolute atomic E-state index is 0.400. The van der Waals surface area contributed by atoms with Gasteiger partial charge in [0.1, 0.15) is 0 Å². The highest BCUT2D eigenvalue weighted by atomic mass is 31.0. The average Bonchev–Trinajstić information content (AvgIpc) is 2.90. The van der Waals surface area contributed by atoms with Gasteiger partial charge in [-0.15, -0.1) is 0 Å². The minimum Gasteiger partial charge on any atom is -0.371 e. The quantitative estimate of drug-likeness (QED) is 0.400. The second kappa shape index (κ2) is 4.76. The van der Waals surface area contributed by atoms with Gasteiger partial charge in [0.05, 0.1) is 12.7 Å². The molecule has 3 heteroatoms. The van der Waals surface area contributed by atoms with Crippen LogP contribution in [-0.2, 0) is 4.74 Å². The highest BCUT2D eigenvalue weighted by Gasteiger charge is 2.31. The maximum atomic E-state index is 5.21. The summed E-state index contributed by atoms with van der Waals surface area (Å²) in [6.07, 6.45) is 5.38. The number of ether oxygens (including phenoxy) is 1. The first-order chi connectivity index (χ1) is 5.81. The van der Waals surface area contributed by atoms with E-state index in [-0.39, 0.29) is 0 Å². The largest absolute Gasteiger partial charge is 0.371 e. The van der Waals surface area contributed by atoms with Crippen molar-refractivity contribution in [1.82, 2.24) is 5.09 Å². The standard InChI is InChI=1S/C9H16NOP/c1-3-7(4-2)5-8(10-12)9-6-11-9/h3-4,8-10H,1,5-6,12H2,2H3/b7-4+/t8-,9?/m0/s1. The van der Waals surface area contributed by atoms with Gasteiger partial charge in [0.25, 0.3) is 0 Å². The first-order valence-corrected chi connectivity index (χ1v) is 4.75. The number of allylic oxidation sites excluding steroid dienone is 2. The van der Waals surface area contributed by atoms with E-state index in [1.807, 2.05) is 13.0 Å². The van der Waals surface area contributed by atoms with E-state index < -0.39 is 0 Å². The fourth-order valence-corrected chi connectivity index (χ4v) is 1.49. The second-order valence-electron chi connectivity index (χ2n) is 2.92. The smallest absolute Gasteiger partial charge is 0.0968 e. The summed E-state index contributed by atoms with van der Waals surface area (Å²) in [5.74, 6) is 0. The normalized spacial score (nSPS) is 25.2. The number of rotatable bonds is 5. The number of nitrogens with one attached hydrogen (secondary N) is 1. The molecule has 3 atom stereocenters.